The maximum atomic E-state index is 11.8. The van der Waals surface area contributed by atoms with Crippen molar-refractivity contribution in [2.45, 2.75) is 13.5 Å². The first-order valence-corrected chi connectivity index (χ1v) is 5.99. The van der Waals surface area contributed by atoms with E-state index >= 15 is 0 Å². The van der Waals surface area contributed by atoms with Gasteiger partial charge in [-0.2, -0.15) is 5.10 Å². The standard InChI is InChI=1S/C12H12BrN3O/c1-8-11(7-15-16-8)12(17)14-6-9-2-4-10(13)5-3-9/h2-5,7H,6H2,1H3,(H,14,17)(H,15,16). The summed E-state index contributed by atoms with van der Waals surface area (Å²) in [6, 6.07) is 7.83. The van der Waals surface area contributed by atoms with Crippen LogP contribution in [0.3, 0.4) is 0 Å². The van der Waals surface area contributed by atoms with Gasteiger partial charge in [-0.05, 0) is 24.6 Å². The van der Waals surface area contributed by atoms with Crippen LogP contribution in [0.15, 0.2) is 34.9 Å². The monoisotopic (exact) mass is 293 g/mol. The van der Waals surface area contributed by atoms with Crippen molar-refractivity contribution < 1.29 is 4.79 Å². The molecule has 0 saturated carbocycles. The molecule has 1 heterocycles. The molecule has 2 N–H and O–H groups in total. The second kappa shape index (κ2) is 5.14. The lowest BCUT2D eigenvalue weighted by molar-refractivity contribution is 0.0950. The fourth-order valence-electron chi connectivity index (χ4n) is 1.46. The van der Waals surface area contributed by atoms with E-state index in [9.17, 15) is 4.79 Å². The SMILES string of the molecule is Cc1[nH]ncc1C(=O)NCc1ccc(Br)cc1. The molecule has 2 aromatic rings. The van der Waals surface area contributed by atoms with Crippen LogP contribution < -0.4 is 5.32 Å². The summed E-state index contributed by atoms with van der Waals surface area (Å²) in [5.41, 5.74) is 2.42. The van der Waals surface area contributed by atoms with Crippen molar-refractivity contribution >= 4 is 21.8 Å². The predicted octanol–water partition coefficient (Wildman–Crippen LogP) is 2.41. The minimum atomic E-state index is -0.112. The summed E-state index contributed by atoms with van der Waals surface area (Å²) in [5.74, 6) is -0.112. The highest BCUT2D eigenvalue weighted by Gasteiger charge is 2.09. The number of nitrogens with zero attached hydrogens (tertiary/aromatic N) is 1. The molecule has 0 radical (unpaired) electrons. The number of aromatic amines is 1. The highest BCUT2D eigenvalue weighted by molar-refractivity contribution is 9.10. The third-order valence-corrected chi connectivity index (χ3v) is 2.97. The van der Waals surface area contributed by atoms with Gasteiger partial charge in [0.1, 0.15) is 0 Å². The zero-order chi connectivity index (χ0) is 12.3. The molecule has 88 valence electrons. The van der Waals surface area contributed by atoms with E-state index in [1.165, 1.54) is 6.20 Å². The van der Waals surface area contributed by atoms with Crippen LogP contribution in [0.1, 0.15) is 21.6 Å². The molecule has 0 aliphatic carbocycles. The van der Waals surface area contributed by atoms with Crippen LogP contribution in [-0.2, 0) is 6.54 Å². The predicted molar refractivity (Wildman–Crippen MR) is 68.6 cm³/mol. The lowest BCUT2D eigenvalue weighted by Gasteiger charge is -2.04. The summed E-state index contributed by atoms with van der Waals surface area (Å²) in [5, 5.41) is 9.40. The first-order valence-electron chi connectivity index (χ1n) is 5.19. The summed E-state index contributed by atoms with van der Waals surface area (Å²) in [7, 11) is 0. The number of hydrogen-bond donors (Lipinski definition) is 2. The number of aryl methyl sites for hydroxylation is 1. The second-order valence-corrected chi connectivity index (χ2v) is 4.63. The third kappa shape index (κ3) is 2.94. The van der Waals surface area contributed by atoms with Crippen LogP contribution in [0.25, 0.3) is 0 Å². The Labute approximate surface area is 108 Å². The Hall–Kier alpha value is -1.62. The highest BCUT2D eigenvalue weighted by Crippen LogP contribution is 2.10. The number of amides is 1. The Morgan fingerprint density at radius 3 is 2.71 bits per heavy atom. The fourth-order valence-corrected chi connectivity index (χ4v) is 1.72. The molecule has 0 fully saturated rings. The average molecular weight is 294 g/mol. The van der Waals surface area contributed by atoms with Crippen LogP contribution >= 0.6 is 15.9 Å². The molecule has 17 heavy (non-hydrogen) atoms. The highest BCUT2D eigenvalue weighted by atomic mass is 79.9. The average Bonchev–Trinajstić information content (AvgIpc) is 2.74. The van der Waals surface area contributed by atoms with Crippen LogP contribution in [0.4, 0.5) is 0 Å². The summed E-state index contributed by atoms with van der Waals surface area (Å²) in [6.45, 7) is 2.33. The quantitative estimate of drug-likeness (QED) is 0.913. The van der Waals surface area contributed by atoms with Gasteiger partial charge in [0.15, 0.2) is 0 Å². The van der Waals surface area contributed by atoms with Crippen molar-refractivity contribution in [3.05, 3.63) is 51.8 Å². The van der Waals surface area contributed by atoms with Gasteiger partial charge in [0.25, 0.3) is 5.91 Å². The number of nitrogens with one attached hydrogen (secondary N) is 2. The second-order valence-electron chi connectivity index (χ2n) is 3.72. The number of carbonyl (C=O) groups excluding carboxylic acids is 1. The Kier molecular flexibility index (Phi) is 3.58. The molecule has 0 aliphatic rings. The summed E-state index contributed by atoms with van der Waals surface area (Å²) < 4.78 is 1.03. The van der Waals surface area contributed by atoms with E-state index in [1.54, 1.807) is 0 Å². The van der Waals surface area contributed by atoms with Gasteiger partial charge in [0.05, 0.1) is 11.8 Å². The summed E-state index contributed by atoms with van der Waals surface area (Å²) in [6.07, 6.45) is 1.53. The smallest absolute Gasteiger partial charge is 0.255 e. The third-order valence-electron chi connectivity index (χ3n) is 2.44. The van der Waals surface area contributed by atoms with Gasteiger partial charge in [-0.1, -0.05) is 28.1 Å². The molecule has 0 atom stereocenters. The van der Waals surface area contributed by atoms with Crippen molar-refractivity contribution in [3.8, 4) is 0 Å². The van der Waals surface area contributed by atoms with Crippen molar-refractivity contribution in [2.24, 2.45) is 0 Å². The van der Waals surface area contributed by atoms with Gasteiger partial charge in [-0.15, -0.1) is 0 Å². The van der Waals surface area contributed by atoms with Gasteiger partial charge in [0, 0.05) is 16.7 Å². The Balaban J connectivity index is 1.97. The number of carbonyl (C=O) groups is 1. The van der Waals surface area contributed by atoms with E-state index in [1.807, 2.05) is 31.2 Å². The topological polar surface area (TPSA) is 57.8 Å². The first kappa shape index (κ1) is 11.9. The van der Waals surface area contributed by atoms with Crippen LogP contribution in [0.5, 0.6) is 0 Å². The van der Waals surface area contributed by atoms with Gasteiger partial charge in [0.2, 0.25) is 0 Å². The molecule has 0 saturated heterocycles. The van der Waals surface area contributed by atoms with E-state index < -0.39 is 0 Å². The Bertz CT molecular complexity index is 519. The van der Waals surface area contributed by atoms with Gasteiger partial charge < -0.3 is 5.32 Å². The lowest BCUT2D eigenvalue weighted by atomic mass is 10.2. The zero-order valence-corrected chi connectivity index (χ0v) is 10.9. The largest absolute Gasteiger partial charge is 0.348 e. The molecule has 2 rings (SSSR count). The normalized spacial score (nSPS) is 10.2. The molecule has 1 amide bonds. The van der Waals surface area contributed by atoms with Crippen molar-refractivity contribution in [2.75, 3.05) is 0 Å². The number of benzene rings is 1. The minimum absolute atomic E-state index is 0.112. The lowest BCUT2D eigenvalue weighted by Crippen LogP contribution is -2.23. The van der Waals surface area contributed by atoms with E-state index in [2.05, 4.69) is 31.4 Å². The zero-order valence-electron chi connectivity index (χ0n) is 9.33. The number of hydrogen-bond acceptors (Lipinski definition) is 2. The summed E-state index contributed by atoms with van der Waals surface area (Å²) >= 11 is 3.37. The van der Waals surface area contributed by atoms with Gasteiger partial charge in [-0.25, -0.2) is 0 Å². The maximum absolute atomic E-state index is 11.8. The Morgan fingerprint density at radius 2 is 2.12 bits per heavy atom. The van der Waals surface area contributed by atoms with Gasteiger partial charge >= 0.3 is 0 Å². The van der Waals surface area contributed by atoms with Crippen LogP contribution in [-0.4, -0.2) is 16.1 Å². The van der Waals surface area contributed by atoms with Crippen molar-refractivity contribution in [1.82, 2.24) is 15.5 Å². The van der Waals surface area contributed by atoms with E-state index in [0.29, 0.717) is 12.1 Å². The molecule has 1 aromatic heterocycles. The van der Waals surface area contributed by atoms with Crippen molar-refractivity contribution in [3.63, 3.8) is 0 Å². The number of halogens is 1. The number of rotatable bonds is 3. The van der Waals surface area contributed by atoms with Crippen molar-refractivity contribution in [1.29, 1.82) is 0 Å². The molecule has 4 nitrogen and oxygen atoms in total. The molecule has 0 unspecified atom stereocenters. The number of H-pyrrole nitrogens is 1. The van der Waals surface area contributed by atoms with Gasteiger partial charge in [-0.3, -0.25) is 9.89 Å². The Morgan fingerprint density at radius 1 is 1.41 bits per heavy atom. The van der Waals surface area contributed by atoms with E-state index in [-0.39, 0.29) is 5.91 Å². The summed E-state index contributed by atoms with van der Waals surface area (Å²) in [4.78, 5) is 11.8. The molecule has 5 heteroatoms. The fraction of sp³-hybridized carbons (Fsp3) is 0.167. The molecule has 0 bridgehead atoms. The molecule has 0 aliphatic heterocycles. The van der Waals surface area contributed by atoms with E-state index in [0.717, 1.165) is 15.7 Å². The molecule has 0 spiro atoms. The molecular formula is C12H12BrN3O. The van der Waals surface area contributed by atoms with Crippen LogP contribution in [0, 0.1) is 6.92 Å². The van der Waals surface area contributed by atoms with E-state index in [4.69, 9.17) is 0 Å². The minimum Gasteiger partial charge on any atom is -0.348 e. The number of aromatic nitrogens is 2. The van der Waals surface area contributed by atoms with Crippen LogP contribution in [0.2, 0.25) is 0 Å². The maximum Gasteiger partial charge on any atom is 0.255 e. The molecular weight excluding hydrogens is 282 g/mol. The molecule has 1 aromatic carbocycles. The first-order chi connectivity index (χ1) is 8.16.